The van der Waals surface area contributed by atoms with E-state index in [0.29, 0.717) is 67.0 Å². The van der Waals surface area contributed by atoms with Crippen molar-refractivity contribution in [2.75, 3.05) is 85.7 Å². The number of nitrogens with one attached hydrogen (secondary N) is 2. The zero-order valence-electron chi connectivity index (χ0n) is 36.7. The fourth-order valence-electron chi connectivity index (χ4n) is 13.5. The lowest BCUT2D eigenvalue weighted by Crippen LogP contribution is -2.73. The number of ether oxygens (including phenoxy) is 2. The molecule has 0 aromatic carbocycles. The van der Waals surface area contributed by atoms with E-state index >= 15 is 0 Å². The zero-order chi connectivity index (χ0) is 40.9. The molecule has 58 heavy (non-hydrogen) atoms. The molecule has 2 spiro atoms. The number of urea groups is 1. The lowest BCUT2D eigenvalue weighted by atomic mass is 9.62. The average Bonchev–Trinajstić information content (AvgIpc) is 3.90. The summed E-state index contributed by atoms with van der Waals surface area (Å²) in [4.78, 5) is 58.5. The van der Waals surface area contributed by atoms with Gasteiger partial charge in [-0.25, -0.2) is 19.2 Å². The first-order valence-corrected chi connectivity index (χ1v) is 23.8. The van der Waals surface area contributed by atoms with Crippen molar-refractivity contribution in [2.24, 2.45) is 22.7 Å². The Balaban J connectivity index is 0.000000177. The molecule has 0 radical (unpaired) electrons. The lowest BCUT2D eigenvalue weighted by Gasteiger charge is -2.59. The second kappa shape index (κ2) is 19.0. The van der Waals surface area contributed by atoms with E-state index in [9.17, 15) is 19.2 Å². The van der Waals surface area contributed by atoms with Crippen LogP contribution in [0.5, 0.6) is 0 Å². The largest absolute Gasteiger partial charge is 0.450 e. The van der Waals surface area contributed by atoms with Crippen LogP contribution in [0.15, 0.2) is 0 Å². The predicted molar refractivity (Wildman–Crippen MR) is 224 cm³/mol. The molecule has 8 fully saturated rings. The molecule has 6 aliphatic heterocycles. The topological polar surface area (TPSA) is 124 Å². The first kappa shape index (κ1) is 43.4. The molecule has 0 aromatic rings. The van der Waals surface area contributed by atoms with Crippen molar-refractivity contribution in [2.45, 2.75) is 154 Å². The molecule has 3 atom stereocenters. The van der Waals surface area contributed by atoms with E-state index < -0.39 is 0 Å². The maximum absolute atomic E-state index is 13.5. The Kier molecular flexibility index (Phi) is 14.2. The van der Waals surface area contributed by atoms with Crippen LogP contribution < -0.4 is 10.6 Å². The third-order valence-electron chi connectivity index (χ3n) is 16.5. The summed E-state index contributed by atoms with van der Waals surface area (Å²) in [5.74, 6) is 1.81. The zero-order valence-corrected chi connectivity index (χ0v) is 36.7. The number of piperidine rings is 4. The van der Waals surface area contributed by atoms with Crippen LogP contribution in [0, 0.1) is 22.7 Å². The minimum absolute atomic E-state index is 0.102. The summed E-state index contributed by atoms with van der Waals surface area (Å²) in [6.45, 7) is 16.5. The van der Waals surface area contributed by atoms with Gasteiger partial charge in [0.05, 0.1) is 38.3 Å². The maximum Gasteiger partial charge on any atom is 0.409 e. The Morgan fingerprint density at radius 3 is 1.90 bits per heavy atom. The number of carbonyl (C=O) groups is 4. The highest BCUT2D eigenvalue weighted by Crippen LogP contribution is 2.55. The molecule has 0 bridgehead atoms. The number of likely N-dealkylation sites (tertiary alicyclic amines) is 5. The van der Waals surface area contributed by atoms with Crippen LogP contribution in [0.1, 0.15) is 130 Å². The molecule has 13 heteroatoms. The van der Waals surface area contributed by atoms with Crippen LogP contribution in [-0.2, 0) is 14.3 Å². The molecule has 6 saturated heterocycles. The van der Waals surface area contributed by atoms with E-state index in [1.54, 1.807) is 7.05 Å². The number of carbonyl (C=O) groups excluding carboxylic acids is 4. The summed E-state index contributed by atoms with van der Waals surface area (Å²) in [5.41, 5.74) is 0.570. The molecule has 8 aliphatic rings. The molecule has 2 N–H and O–H groups in total. The molecule has 5 amide bonds. The Morgan fingerprint density at radius 1 is 0.707 bits per heavy atom. The Labute approximate surface area is 349 Å². The van der Waals surface area contributed by atoms with Gasteiger partial charge in [-0.05, 0) is 135 Å². The lowest BCUT2D eigenvalue weighted by molar-refractivity contribution is -0.921. The second-order valence-corrected chi connectivity index (χ2v) is 19.6. The average molecular weight is 813 g/mol. The fraction of sp³-hybridized carbons (Fsp3) is 0.911. The van der Waals surface area contributed by atoms with E-state index in [2.05, 4.69) is 27.4 Å². The van der Waals surface area contributed by atoms with Crippen molar-refractivity contribution in [1.29, 1.82) is 0 Å². The number of quaternary nitrogens is 1. The van der Waals surface area contributed by atoms with Gasteiger partial charge in [-0.2, -0.15) is 0 Å². The molecule has 0 aromatic heterocycles. The van der Waals surface area contributed by atoms with E-state index in [-0.39, 0.29) is 23.6 Å². The van der Waals surface area contributed by atoms with Gasteiger partial charge in [-0.1, -0.05) is 6.92 Å². The minimum Gasteiger partial charge on any atom is -0.450 e. The third kappa shape index (κ3) is 8.88. The van der Waals surface area contributed by atoms with E-state index in [0.717, 1.165) is 108 Å². The van der Waals surface area contributed by atoms with Crippen molar-refractivity contribution < 1.29 is 33.1 Å². The third-order valence-corrected chi connectivity index (χ3v) is 16.5. The first-order valence-electron chi connectivity index (χ1n) is 23.8. The van der Waals surface area contributed by atoms with Crippen LogP contribution in [0.2, 0.25) is 0 Å². The summed E-state index contributed by atoms with van der Waals surface area (Å²) < 4.78 is 11.2. The molecule has 3 unspecified atom stereocenters. The summed E-state index contributed by atoms with van der Waals surface area (Å²) in [5, 5.41) is 6.34. The first-order chi connectivity index (χ1) is 28.1. The Bertz CT molecular complexity index is 1420. The van der Waals surface area contributed by atoms with Crippen molar-refractivity contribution >= 4 is 24.1 Å². The Morgan fingerprint density at radius 2 is 1.31 bits per heavy atom. The summed E-state index contributed by atoms with van der Waals surface area (Å²) in [7, 11) is 1.75. The van der Waals surface area contributed by atoms with Gasteiger partial charge in [0, 0.05) is 82.5 Å². The van der Waals surface area contributed by atoms with E-state index in [1.807, 2.05) is 23.6 Å². The van der Waals surface area contributed by atoms with Crippen LogP contribution in [-0.4, -0.2) is 158 Å². The smallest absolute Gasteiger partial charge is 0.409 e. The van der Waals surface area contributed by atoms with Crippen LogP contribution in [0.25, 0.3) is 0 Å². The normalized spacial score (nSPS) is 35.8. The highest BCUT2D eigenvalue weighted by atomic mass is 16.6. The van der Waals surface area contributed by atoms with Gasteiger partial charge >= 0.3 is 24.1 Å². The van der Waals surface area contributed by atoms with Gasteiger partial charge in [-0.3, -0.25) is 4.48 Å². The highest BCUT2D eigenvalue weighted by Gasteiger charge is 2.62. The van der Waals surface area contributed by atoms with Gasteiger partial charge in [-0.15, -0.1) is 0 Å². The van der Waals surface area contributed by atoms with Crippen molar-refractivity contribution in [3.8, 4) is 0 Å². The van der Waals surface area contributed by atoms with Gasteiger partial charge in [0.15, 0.2) is 0 Å². The Hall–Kier alpha value is -2.64. The fourth-order valence-corrected chi connectivity index (χ4v) is 13.5. The molecule has 2 aliphatic carbocycles. The van der Waals surface area contributed by atoms with Crippen LogP contribution in [0.4, 0.5) is 14.4 Å². The van der Waals surface area contributed by atoms with Crippen LogP contribution in [0.3, 0.4) is 0 Å². The number of nitrogens with zero attached hydrogens (tertiary/aromatic N) is 5. The van der Waals surface area contributed by atoms with Gasteiger partial charge in [0.25, 0.3) is 0 Å². The van der Waals surface area contributed by atoms with Gasteiger partial charge < -0.3 is 39.7 Å². The highest BCUT2D eigenvalue weighted by molar-refractivity contribution is 5.74. The quantitative estimate of drug-likeness (QED) is 0.292. The van der Waals surface area contributed by atoms with Crippen LogP contribution >= 0.6 is 0 Å². The SMILES string of the molecule is CCOC(=O)N1CCC2(CC(N3CCC(C4CCCCN4C(=O)NC)CC3)C2)C1.CCOC(=O)N1CCC2(CC([N+]3(C(=O)CC)CCCCC3C3CCNCC3)C2)C1. The molecule has 6 heterocycles. The van der Waals surface area contributed by atoms with Crippen molar-refractivity contribution in [1.82, 2.24) is 30.2 Å². The van der Waals surface area contributed by atoms with Gasteiger partial charge in [0.2, 0.25) is 0 Å². The maximum atomic E-state index is 13.5. The number of hydrogen-bond acceptors (Lipinski definition) is 8. The second-order valence-electron chi connectivity index (χ2n) is 19.6. The van der Waals surface area contributed by atoms with E-state index in [1.165, 1.54) is 64.2 Å². The van der Waals surface area contributed by atoms with Gasteiger partial charge in [0.1, 0.15) is 0 Å². The minimum atomic E-state index is -0.160. The molecule has 13 nitrogen and oxygen atoms in total. The number of amides is 5. The molecule has 8 rings (SSSR count). The summed E-state index contributed by atoms with van der Waals surface area (Å²) in [6.07, 6.45) is 19.3. The van der Waals surface area contributed by atoms with Crippen molar-refractivity contribution in [3.05, 3.63) is 0 Å². The molecular formula is C45H78N7O6+. The van der Waals surface area contributed by atoms with E-state index in [4.69, 9.17) is 9.47 Å². The summed E-state index contributed by atoms with van der Waals surface area (Å²) >= 11 is 0. The van der Waals surface area contributed by atoms with Crippen molar-refractivity contribution in [3.63, 3.8) is 0 Å². The predicted octanol–water partition coefficient (Wildman–Crippen LogP) is 6.21. The number of rotatable bonds is 7. The number of hydrogen-bond donors (Lipinski definition) is 2. The molecule has 328 valence electrons. The molecule has 2 saturated carbocycles. The molecular weight excluding hydrogens is 735 g/mol. The summed E-state index contributed by atoms with van der Waals surface area (Å²) in [6, 6.07) is 2.18. The monoisotopic (exact) mass is 813 g/mol. The standard InChI is InChI=1S/C23H40N3O3.C22H38N4O3/c1-3-21(27)26(14-6-5-7-20(26)18-8-11-24-12-9-18)19-15-23(16-19)10-13-25(17-23)22(28)29-4-2;1-3-29-21(28)25-13-9-22(16-25)14-18(15-22)24-11-7-17(8-12-24)19-6-4-5-10-26(19)20(27)23-2/h18-20,24H,3-17H2,1-2H3;17-19H,3-16H2,1-2H3,(H,23,27)/q+1;.